The standard InChI is InChI=1S/C18H14BrN3/c1-11-9-13(10-12(2)17(11)19)22-16-6-4-3-5-14(16)15-7-8-20-21-18(15)22/h3-10H,1-2H3. The molecule has 0 spiro atoms. The van der Waals surface area contributed by atoms with Gasteiger partial charge in [0.05, 0.1) is 11.7 Å². The van der Waals surface area contributed by atoms with E-state index < -0.39 is 0 Å². The lowest BCUT2D eigenvalue weighted by Crippen LogP contribution is -1.98. The molecule has 2 heterocycles. The quantitative estimate of drug-likeness (QED) is 0.485. The molecule has 0 amide bonds. The SMILES string of the molecule is Cc1cc(-n2c3ccccc3c3ccnnc32)cc(C)c1Br. The second kappa shape index (κ2) is 4.92. The number of hydrogen-bond acceptors (Lipinski definition) is 2. The molecular weight excluding hydrogens is 338 g/mol. The molecule has 3 nitrogen and oxygen atoms in total. The third-order valence-electron chi connectivity index (χ3n) is 4.03. The lowest BCUT2D eigenvalue weighted by Gasteiger charge is -2.11. The molecule has 0 saturated carbocycles. The highest BCUT2D eigenvalue weighted by molar-refractivity contribution is 9.10. The van der Waals surface area contributed by atoms with Crippen LogP contribution in [0.4, 0.5) is 0 Å². The number of rotatable bonds is 1. The second-order valence-corrected chi connectivity index (χ2v) is 6.31. The van der Waals surface area contributed by atoms with Crippen molar-refractivity contribution >= 4 is 37.9 Å². The van der Waals surface area contributed by atoms with Gasteiger partial charge in [-0.2, -0.15) is 5.10 Å². The average Bonchev–Trinajstić information content (AvgIpc) is 2.87. The summed E-state index contributed by atoms with van der Waals surface area (Å²) in [7, 11) is 0. The summed E-state index contributed by atoms with van der Waals surface area (Å²) in [5.74, 6) is 0. The molecule has 4 rings (SSSR count). The first-order valence-corrected chi connectivity index (χ1v) is 7.94. The first-order chi connectivity index (χ1) is 10.7. The average molecular weight is 352 g/mol. The van der Waals surface area contributed by atoms with Gasteiger partial charge in [-0.25, -0.2) is 0 Å². The van der Waals surface area contributed by atoms with Crippen molar-refractivity contribution in [2.24, 2.45) is 0 Å². The third kappa shape index (κ3) is 1.87. The van der Waals surface area contributed by atoms with Crippen LogP contribution in [0.5, 0.6) is 0 Å². The molecule has 0 aliphatic rings. The maximum absolute atomic E-state index is 4.38. The molecule has 22 heavy (non-hydrogen) atoms. The molecule has 4 aromatic rings. The van der Waals surface area contributed by atoms with Crippen molar-refractivity contribution in [2.75, 3.05) is 0 Å². The number of aryl methyl sites for hydroxylation is 2. The van der Waals surface area contributed by atoms with Gasteiger partial charge in [0, 0.05) is 20.9 Å². The van der Waals surface area contributed by atoms with E-state index in [1.54, 1.807) is 6.20 Å². The Morgan fingerprint density at radius 2 is 1.68 bits per heavy atom. The van der Waals surface area contributed by atoms with Gasteiger partial charge in [-0.05, 0) is 49.2 Å². The maximum atomic E-state index is 4.38. The predicted octanol–water partition coefficient (Wildman–Crippen LogP) is 4.95. The summed E-state index contributed by atoms with van der Waals surface area (Å²) >= 11 is 3.64. The first kappa shape index (κ1) is 13.5. The van der Waals surface area contributed by atoms with E-state index in [1.165, 1.54) is 16.5 Å². The van der Waals surface area contributed by atoms with E-state index in [4.69, 9.17) is 0 Å². The van der Waals surface area contributed by atoms with Gasteiger partial charge in [0.25, 0.3) is 0 Å². The molecule has 2 aromatic carbocycles. The minimum absolute atomic E-state index is 0.893. The van der Waals surface area contributed by atoms with Crippen molar-refractivity contribution < 1.29 is 0 Å². The van der Waals surface area contributed by atoms with Crippen LogP contribution in [0, 0.1) is 13.8 Å². The summed E-state index contributed by atoms with van der Waals surface area (Å²) in [6.07, 6.45) is 1.75. The number of benzene rings is 2. The van der Waals surface area contributed by atoms with Crippen LogP contribution in [0.15, 0.2) is 53.1 Å². The van der Waals surface area contributed by atoms with Crippen molar-refractivity contribution in [1.29, 1.82) is 0 Å². The van der Waals surface area contributed by atoms with Crippen LogP contribution >= 0.6 is 15.9 Å². The Bertz CT molecular complexity index is 941. The smallest absolute Gasteiger partial charge is 0.168 e. The molecule has 0 atom stereocenters. The summed E-state index contributed by atoms with van der Waals surface area (Å²) in [4.78, 5) is 0. The van der Waals surface area contributed by atoms with Crippen LogP contribution in [-0.2, 0) is 0 Å². The fourth-order valence-electron chi connectivity index (χ4n) is 3.02. The van der Waals surface area contributed by atoms with Gasteiger partial charge in [0.1, 0.15) is 0 Å². The molecule has 108 valence electrons. The van der Waals surface area contributed by atoms with E-state index in [1.807, 2.05) is 6.07 Å². The summed E-state index contributed by atoms with van der Waals surface area (Å²) in [5, 5.41) is 10.8. The Morgan fingerprint density at radius 1 is 0.955 bits per heavy atom. The molecule has 0 unspecified atom stereocenters. The van der Waals surface area contributed by atoms with Crippen LogP contribution < -0.4 is 0 Å². The Morgan fingerprint density at radius 3 is 2.45 bits per heavy atom. The zero-order chi connectivity index (χ0) is 15.3. The summed E-state index contributed by atoms with van der Waals surface area (Å²) in [6, 6.07) is 14.8. The molecule has 0 saturated heterocycles. The summed E-state index contributed by atoms with van der Waals surface area (Å²) in [5.41, 5.74) is 5.59. The van der Waals surface area contributed by atoms with E-state index in [9.17, 15) is 0 Å². The fourth-order valence-corrected chi connectivity index (χ4v) is 3.25. The van der Waals surface area contributed by atoms with Crippen molar-refractivity contribution in [3.05, 3.63) is 64.3 Å². The monoisotopic (exact) mass is 351 g/mol. The Hall–Kier alpha value is -2.20. The van der Waals surface area contributed by atoms with Gasteiger partial charge in [0.2, 0.25) is 0 Å². The van der Waals surface area contributed by atoms with Crippen molar-refractivity contribution in [3.8, 4) is 5.69 Å². The minimum Gasteiger partial charge on any atom is -0.292 e. The van der Waals surface area contributed by atoms with Gasteiger partial charge in [-0.15, -0.1) is 5.10 Å². The van der Waals surface area contributed by atoms with E-state index >= 15 is 0 Å². The first-order valence-electron chi connectivity index (χ1n) is 7.15. The lowest BCUT2D eigenvalue weighted by atomic mass is 10.1. The van der Waals surface area contributed by atoms with Crippen molar-refractivity contribution in [3.63, 3.8) is 0 Å². The topological polar surface area (TPSA) is 30.7 Å². The largest absolute Gasteiger partial charge is 0.292 e. The third-order valence-corrected chi connectivity index (χ3v) is 5.28. The summed E-state index contributed by atoms with van der Waals surface area (Å²) < 4.78 is 3.34. The Kier molecular flexibility index (Phi) is 3.01. The van der Waals surface area contributed by atoms with Gasteiger partial charge in [-0.1, -0.05) is 34.1 Å². The van der Waals surface area contributed by atoms with Gasteiger partial charge in [0.15, 0.2) is 5.65 Å². The zero-order valence-electron chi connectivity index (χ0n) is 12.3. The van der Waals surface area contributed by atoms with Crippen LogP contribution in [0.3, 0.4) is 0 Å². The van der Waals surface area contributed by atoms with Gasteiger partial charge < -0.3 is 0 Å². The number of fused-ring (bicyclic) bond motifs is 3. The molecule has 0 radical (unpaired) electrons. The molecule has 0 N–H and O–H groups in total. The van der Waals surface area contributed by atoms with E-state index in [0.717, 1.165) is 26.7 Å². The highest BCUT2D eigenvalue weighted by Gasteiger charge is 2.14. The van der Waals surface area contributed by atoms with Crippen LogP contribution in [0.25, 0.3) is 27.6 Å². The normalized spacial score (nSPS) is 11.4. The maximum Gasteiger partial charge on any atom is 0.168 e. The Labute approximate surface area is 136 Å². The predicted molar refractivity (Wildman–Crippen MR) is 93.5 cm³/mol. The molecule has 2 aromatic heterocycles. The van der Waals surface area contributed by atoms with Crippen LogP contribution in [0.1, 0.15) is 11.1 Å². The molecule has 0 aliphatic heterocycles. The highest BCUT2D eigenvalue weighted by atomic mass is 79.9. The Balaban J connectivity index is 2.17. The van der Waals surface area contributed by atoms with E-state index in [0.29, 0.717) is 0 Å². The number of halogens is 1. The number of nitrogens with zero attached hydrogens (tertiary/aromatic N) is 3. The van der Waals surface area contributed by atoms with Crippen LogP contribution in [0.2, 0.25) is 0 Å². The molecular formula is C18H14BrN3. The molecule has 0 bridgehead atoms. The second-order valence-electron chi connectivity index (χ2n) is 5.51. The van der Waals surface area contributed by atoms with Crippen LogP contribution in [-0.4, -0.2) is 14.8 Å². The van der Waals surface area contributed by atoms with E-state index in [2.05, 4.69) is 80.9 Å². The minimum atomic E-state index is 0.893. The summed E-state index contributed by atoms with van der Waals surface area (Å²) in [6.45, 7) is 4.22. The number of para-hydroxylation sites is 1. The van der Waals surface area contributed by atoms with Crippen molar-refractivity contribution in [1.82, 2.24) is 14.8 Å². The zero-order valence-corrected chi connectivity index (χ0v) is 13.9. The van der Waals surface area contributed by atoms with Gasteiger partial charge >= 0.3 is 0 Å². The highest BCUT2D eigenvalue weighted by Crippen LogP contribution is 2.32. The van der Waals surface area contributed by atoms with Gasteiger partial charge in [-0.3, -0.25) is 4.57 Å². The van der Waals surface area contributed by atoms with E-state index in [-0.39, 0.29) is 0 Å². The lowest BCUT2D eigenvalue weighted by molar-refractivity contribution is 1.02. The number of aromatic nitrogens is 3. The molecule has 0 fully saturated rings. The number of hydrogen-bond donors (Lipinski definition) is 0. The fraction of sp³-hybridized carbons (Fsp3) is 0.111. The van der Waals surface area contributed by atoms with Crippen molar-refractivity contribution in [2.45, 2.75) is 13.8 Å². The molecule has 4 heteroatoms. The molecule has 0 aliphatic carbocycles.